The summed E-state index contributed by atoms with van der Waals surface area (Å²) < 4.78 is 16.5. The van der Waals surface area contributed by atoms with E-state index in [1.54, 1.807) is 55.5 Å². The number of methoxy groups -OCH3 is 1. The fraction of sp³-hybridized carbons (Fsp3) is 0.320. The molecule has 36 heavy (non-hydrogen) atoms. The van der Waals surface area contributed by atoms with Crippen LogP contribution in [0.5, 0.6) is 5.75 Å². The Morgan fingerprint density at radius 2 is 1.97 bits per heavy atom. The lowest BCUT2D eigenvalue weighted by atomic mass is 10.1. The molecule has 0 radical (unpaired) electrons. The van der Waals surface area contributed by atoms with E-state index in [9.17, 15) is 9.59 Å². The van der Waals surface area contributed by atoms with Crippen LogP contribution in [0.1, 0.15) is 38.3 Å². The second-order valence-electron chi connectivity index (χ2n) is 9.18. The van der Waals surface area contributed by atoms with Gasteiger partial charge in [-0.2, -0.15) is 4.80 Å². The molecule has 1 atom stereocenters. The average Bonchev–Trinajstić information content (AvgIpc) is 3.58. The van der Waals surface area contributed by atoms with Gasteiger partial charge in [-0.3, -0.25) is 14.5 Å². The fourth-order valence-corrected chi connectivity index (χ4v) is 3.62. The highest BCUT2D eigenvalue weighted by atomic mass is 16.5. The maximum atomic E-state index is 13.8. The summed E-state index contributed by atoms with van der Waals surface area (Å²) in [5.41, 5.74) is -0.110. The molecule has 0 saturated heterocycles. The Morgan fingerprint density at radius 1 is 1.17 bits per heavy atom. The monoisotopic (exact) mass is 492 g/mol. The molecule has 0 aliphatic heterocycles. The smallest absolute Gasteiger partial charge is 0.251 e. The van der Waals surface area contributed by atoms with Gasteiger partial charge in [-0.15, -0.1) is 10.2 Å². The van der Waals surface area contributed by atoms with E-state index >= 15 is 0 Å². The summed E-state index contributed by atoms with van der Waals surface area (Å²) in [6, 6.07) is 12.6. The van der Waals surface area contributed by atoms with Crippen molar-refractivity contribution in [3.05, 3.63) is 66.3 Å². The number of nitrogens with one attached hydrogen (secondary N) is 1. The van der Waals surface area contributed by atoms with Gasteiger partial charge in [0.15, 0.2) is 11.8 Å². The van der Waals surface area contributed by atoms with Crippen molar-refractivity contribution in [3.63, 3.8) is 0 Å². The van der Waals surface area contributed by atoms with E-state index in [2.05, 4.69) is 20.7 Å². The Bertz CT molecular complexity index is 1330. The van der Waals surface area contributed by atoms with E-state index in [-0.39, 0.29) is 12.4 Å². The standard InChI is InChI=1S/C25H28N6O5/c1-16-11-12-20(36-16)23-27-29-30(28-23)15-21(32)31(17-8-6-9-18(14-17)34-5)22(19-10-7-13-35-19)24(33)26-25(2,3)4/h6-14,22H,15H2,1-5H3,(H,26,33). The van der Waals surface area contributed by atoms with Crippen LogP contribution in [0, 0.1) is 6.92 Å². The summed E-state index contributed by atoms with van der Waals surface area (Å²) in [6.45, 7) is 7.10. The molecule has 0 fully saturated rings. The van der Waals surface area contributed by atoms with Crippen LogP contribution in [0.15, 0.2) is 63.6 Å². The largest absolute Gasteiger partial charge is 0.497 e. The van der Waals surface area contributed by atoms with Gasteiger partial charge >= 0.3 is 0 Å². The number of carbonyl (C=O) groups is 2. The number of hydrogen-bond acceptors (Lipinski definition) is 8. The highest BCUT2D eigenvalue weighted by Gasteiger charge is 2.36. The molecular formula is C25H28N6O5. The van der Waals surface area contributed by atoms with Crippen LogP contribution in [0.25, 0.3) is 11.6 Å². The van der Waals surface area contributed by atoms with Crippen LogP contribution in [0.2, 0.25) is 0 Å². The van der Waals surface area contributed by atoms with E-state index in [1.165, 1.54) is 18.3 Å². The Hall–Kier alpha value is -4.41. The lowest BCUT2D eigenvalue weighted by molar-refractivity contribution is -0.128. The molecule has 0 aliphatic carbocycles. The summed E-state index contributed by atoms with van der Waals surface area (Å²) in [4.78, 5) is 29.8. The number of aromatic nitrogens is 4. The normalized spacial score (nSPS) is 12.2. The number of aryl methyl sites for hydroxylation is 1. The fourth-order valence-electron chi connectivity index (χ4n) is 3.62. The highest BCUT2D eigenvalue weighted by Crippen LogP contribution is 2.31. The molecule has 0 saturated carbocycles. The predicted molar refractivity (Wildman–Crippen MR) is 130 cm³/mol. The Labute approximate surface area is 208 Å². The minimum absolute atomic E-state index is 0.247. The molecule has 3 heterocycles. The highest BCUT2D eigenvalue weighted by molar-refractivity contribution is 6.01. The van der Waals surface area contributed by atoms with E-state index in [0.29, 0.717) is 28.7 Å². The van der Waals surface area contributed by atoms with Gasteiger partial charge < -0.3 is 18.9 Å². The van der Waals surface area contributed by atoms with Crippen molar-refractivity contribution >= 4 is 17.5 Å². The van der Waals surface area contributed by atoms with Gasteiger partial charge in [0.25, 0.3) is 11.8 Å². The first-order chi connectivity index (χ1) is 17.1. The van der Waals surface area contributed by atoms with Crippen molar-refractivity contribution in [1.82, 2.24) is 25.5 Å². The number of benzene rings is 1. The van der Waals surface area contributed by atoms with Gasteiger partial charge in [-0.25, -0.2) is 0 Å². The number of amides is 2. The van der Waals surface area contributed by atoms with Gasteiger partial charge in [-0.1, -0.05) is 6.07 Å². The third-order valence-electron chi connectivity index (χ3n) is 5.11. The SMILES string of the molecule is COc1cccc(N(C(=O)Cn2nnc(-c3ccc(C)o3)n2)C(C(=O)NC(C)(C)C)c2ccco2)c1. The van der Waals surface area contributed by atoms with Crippen LogP contribution in [0.3, 0.4) is 0 Å². The first-order valence-corrected chi connectivity index (χ1v) is 11.3. The maximum Gasteiger partial charge on any atom is 0.251 e. The molecule has 1 aromatic carbocycles. The number of ether oxygens (including phenoxy) is 1. The molecule has 1 unspecified atom stereocenters. The zero-order valence-corrected chi connectivity index (χ0v) is 20.8. The number of hydrogen-bond donors (Lipinski definition) is 1. The van der Waals surface area contributed by atoms with Gasteiger partial charge in [-0.05, 0) is 69.3 Å². The van der Waals surface area contributed by atoms with Crippen molar-refractivity contribution < 1.29 is 23.2 Å². The van der Waals surface area contributed by atoms with Gasteiger partial charge in [0.1, 0.15) is 23.8 Å². The number of carbonyl (C=O) groups excluding carboxylic acids is 2. The van der Waals surface area contributed by atoms with Crippen molar-refractivity contribution in [1.29, 1.82) is 0 Å². The number of rotatable bonds is 8. The lowest BCUT2D eigenvalue weighted by Crippen LogP contribution is -2.50. The van der Waals surface area contributed by atoms with Crippen molar-refractivity contribution in [3.8, 4) is 17.3 Å². The lowest BCUT2D eigenvalue weighted by Gasteiger charge is -2.32. The van der Waals surface area contributed by atoms with Crippen LogP contribution >= 0.6 is 0 Å². The first kappa shape index (κ1) is 24.7. The van der Waals surface area contributed by atoms with Crippen molar-refractivity contribution in [2.24, 2.45) is 0 Å². The second kappa shape index (κ2) is 10.1. The second-order valence-corrected chi connectivity index (χ2v) is 9.18. The van der Waals surface area contributed by atoms with Crippen LogP contribution in [0.4, 0.5) is 5.69 Å². The summed E-state index contributed by atoms with van der Waals surface area (Å²) in [7, 11) is 1.53. The van der Waals surface area contributed by atoms with Crippen molar-refractivity contribution in [2.75, 3.05) is 12.0 Å². The molecule has 11 heteroatoms. The number of tetrazole rings is 1. The van der Waals surface area contributed by atoms with Gasteiger partial charge in [0.05, 0.1) is 13.4 Å². The third-order valence-corrected chi connectivity index (χ3v) is 5.11. The van der Waals surface area contributed by atoms with E-state index < -0.39 is 23.4 Å². The molecule has 3 aromatic heterocycles. The van der Waals surface area contributed by atoms with Crippen LogP contribution in [-0.2, 0) is 16.1 Å². The number of nitrogens with zero attached hydrogens (tertiary/aromatic N) is 5. The molecule has 0 spiro atoms. The van der Waals surface area contributed by atoms with Crippen LogP contribution < -0.4 is 15.0 Å². The van der Waals surface area contributed by atoms with Gasteiger partial charge in [0.2, 0.25) is 5.82 Å². The Kier molecular flexibility index (Phi) is 6.91. The summed E-state index contributed by atoms with van der Waals surface area (Å²) in [5, 5.41) is 15.2. The zero-order valence-electron chi connectivity index (χ0n) is 20.8. The topological polar surface area (TPSA) is 129 Å². The minimum atomic E-state index is -1.10. The van der Waals surface area contributed by atoms with E-state index in [0.717, 1.165) is 4.80 Å². The molecular weight excluding hydrogens is 464 g/mol. The Balaban J connectivity index is 1.72. The van der Waals surface area contributed by atoms with Crippen molar-refractivity contribution in [2.45, 2.75) is 45.8 Å². The zero-order chi connectivity index (χ0) is 25.9. The average molecular weight is 493 g/mol. The summed E-state index contributed by atoms with van der Waals surface area (Å²) >= 11 is 0. The van der Waals surface area contributed by atoms with Crippen LogP contribution in [-0.4, -0.2) is 44.7 Å². The molecule has 1 N–H and O–H groups in total. The molecule has 2 amide bonds. The third kappa shape index (κ3) is 5.62. The molecule has 11 nitrogen and oxygen atoms in total. The summed E-state index contributed by atoms with van der Waals surface area (Å²) in [6.07, 6.45) is 1.46. The molecule has 188 valence electrons. The van der Waals surface area contributed by atoms with E-state index in [4.69, 9.17) is 13.6 Å². The first-order valence-electron chi connectivity index (χ1n) is 11.3. The summed E-state index contributed by atoms with van der Waals surface area (Å²) in [5.74, 6) is 1.33. The van der Waals surface area contributed by atoms with E-state index in [1.807, 2.05) is 20.8 Å². The Morgan fingerprint density at radius 3 is 2.61 bits per heavy atom. The predicted octanol–water partition coefficient (Wildman–Crippen LogP) is 3.53. The molecule has 0 bridgehead atoms. The minimum Gasteiger partial charge on any atom is -0.497 e. The van der Waals surface area contributed by atoms with Gasteiger partial charge in [0, 0.05) is 17.3 Å². The molecule has 4 rings (SSSR count). The molecule has 0 aliphatic rings. The quantitative estimate of drug-likeness (QED) is 0.396. The number of furan rings is 2. The molecule has 4 aromatic rings. The number of anilines is 1. The maximum absolute atomic E-state index is 13.8.